The maximum atomic E-state index is 12.9. The predicted octanol–water partition coefficient (Wildman–Crippen LogP) is 3.53. The Morgan fingerprint density at radius 1 is 1.14 bits per heavy atom. The summed E-state index contributed by atoms with van der Waals surface area (Å²) in [6.45, 7) is 3.95. The van der Waals surface area contributed by atoms with Gasteiger partial charge in [0.2, 0.25) is 0 Å². The lowest BCUT2D eigenvalue weighted by molar-refractivity contribution is -0.148. The molecule has 0 radical (unpaired) electrons. The third-order valence-electron chi connectivity index (χ3n) is 6.17. The van der Waals surface area contributed by atoms with E-state index in [2.05, 4.69) is 31.2 Å². The van der Waals surface area contributed by atoms with Gasteiger partial charge in [-0.25, -0.2) is 0 Å². The Kier molecular flexibility index (Phi) is 2.57. The summed E-state index contributed by atoms with van der Waals surface area (Å²) >= 11 is 0. The minimum absolute atomic E-state index is 0.235. The summed E-state index contributed by atoms with van der Waals surface area (Å²) in [7, 11) is 0. The molecule has 0 spiro atoms. The summed E-state index contributed by atoms with van der Waals surface area (Å²) in [6, 6.07) is 8.57. The normalized spacial score (nSPS) is 38.0. The van der Waals surface area contributed by atoms with Crippen molar-refractivity contribution in [2.75, 3.05) is 0 Å². The van der Waals surface area contributed by atoms with Gasteiger partial charge in [-0.1, -0.05) is 29.8 Å². The molecule has 1 N–H and O–H groups in total. The molecule has 3 aliphatic rings. The number of carbonyl (C=O) groups excluding carboxylic acids is 1. The number of hydrogen-bond donors (Lipinski definition) is 1. The number of aryl methyl sites for hydroxylation is 1. The van der Waals surface area contributed by atoms with Crippen LogP contribution in [0.2, 0.25) is 0 Å². The van der Waals surface area contributed by atoms with E-state index in [1.807, 2.05) is 6.92 Å². The number of benzene rings is 1. The first-order valence-corrected chi connectivity index (χ1v) is 8.01. The van der Waals surface area contributed by atoms with E-state index >= 15 is 0 Å². The van der Waals surface area contributed by atoms with Crippen LogP contribution < -0.4 is 0 Å². The Bertz CT molecular complexity index is 668. The minimum atomic E-state index is -0.846. The molecule has 0 aromatic heterocycles. The van der Waals surface area contributed by atoms with Crippen LogP contribution in [0.1, 0.15) is 50.7 Å². The van der Waals surface area contributed by atoms with Crippen LogP contribution in [0.15, 0.2) is 29.8 Å². The molecule has 21 heavy (non-hydrogen) atoms. The first-order chi connectivity index (χ1) is 9.93. The number of ketones is 1. The van der Waals surface area contributed by atoms with Crippen LogP contribution in [0.4, 0.5) is 0 Å². The molecule has 110 valence electrons. The fourth-order valence-corrected chi connectivity index (χ4v) is 4.73. The van der Waals surface area contributed by atoms with E-state index in [0.29, 0.717) is 6.42 Å². The van der Waals surface area contributed by atoms with Crippen LogP contribution in [-0.2, 0) is 11.2 Å². The van der Waals surface area contributed by atoms with Gasteiger partial charge in [0, 0.05) is 5.41 Å². The monoisotopic (exact) mass is 282 g/mol. The molecule has 4 rings (SSSR count). The van der Waals surface area contributed by atoms with Crippen LogP contribution in [0.5, 0.6) is 0 Å². The fourth-order valence-electron chi connectivity index (χ4n) is 4.73. The first kappa shape index (κ1) is 13.3. The average molecular weight is 282 g/mol. The summed E-state index contributed by atoms with van der Waals surface area (Å²) in [5.74, 6) is 0.0398. The van der Waals surface area contributed by atoms with Crippen molar-refractivity contribution in [1.29, 1.82) is 0 Å². The van der Waals surface area contributed by atoms with Gasteiger partial charge in [-0.2, -0.15) is 0 Å². The van der Waals surface area contributed by atoms with Crippen molar-refractivity contribution in [2.24, 2.45) is 11.3 Å². The van der Waals surface area contributed by atoms with Gasteiger partial charge in [-0.3, -0.25) is 4.79 Å². The third kappa shape index (κ3) is 1.66. The Hall–Kier alpha value is -1.41. The summed E-state index contributed by atoms with van der Waals surface area (Å²) in [4.78, 5) is 12.9. The van der Waals surface area contributed by atoms with E-state index in [1.54, 1.807) is 0 Å². The summed E-state index contributed by atoms with van der Waals surface area (Å²) in [5.41, 5.74) is 4.24. The van der Waals surface area contributed by atoms with Crippen LogP contribution in [0, 0.1) is 11.3 Å². The van der Waals surface area contributed by atoms with Crippen LogP contribution in [0.25, 0.3) is 5.57 Å². The molecule has 0 amide bonds. The smallest absolute Gasteiger partial charge is 0.149 e. The lowest BCUT2D eigenvalue weighted by Gasteiger charge is -2.51. The van der Waals surface area contributed by atoms with Crippen molar-refractivity contribution >= 4 is 11.4 Å². The number of carbonyl (C=O) groups is 1. The molecule has 3 atom stereocenters. The number of rotatable bonds is 0. The zero-order valence-corrected chi connectivity index (χ0v) is 12.8. The molecule has 1 aromatic rings. The maximum Gasteiger partial charge on any atom is 0.149 e. The molecular weight excluding hydrogens is 260 g/mol. The molecule has 0 aliphatic heterocycles. The highest BCUT2D eigenvalue weighted by atomic mass is 16.3. The van der Waals surface area contributed by atoms with Crippen LogP contribution in [0.3, 0.4) is 0 Å². The molecule has 0 heterocycles. The molecule has 0 saturated heterocycles. The molecule has 1 aromatic carbocycles. The second-order valence-electron chi connectivity index (χ2n) is 7.42. The summed E-state index contributed by atoms with van der Waals surface area (Å²) in [5, 5.41) is 10.7. The van der Waals surface area contributed by atoms with Gasteiger partial charge < -0.3 is 5.11 Å². The average Bonchev–Trinajstić information content (AvgIpc) is 2.47. The highest BCUT2D eigenvalue weighted by Gasteiger charge is 2.56. The predicted molar refractivity (Wildman–Crippen MR) is 82.8 cm³/mol. The van der Waals surface area contributed by atoms with Gasteiger partial charge in [-0.15, -0.1) is 0 Å². The number of allylic oxidation sites excluding steroid dienone is 2. The minimum Gasteiger partial charge on any atom is -0.389 e. The zero-order chi connectivity index (χ0) is 14.8. The molecule has 2 heteroatoms. The Balaban J connectivity index is 1.93. The van der Waals surface area contributed by atoms with E-state index in [9.17, 15) is 9.90 Å². The molecule has 2 bridgehead atoms. The number of fused-ring (bicyclic) bond motifs is 5. The van der Waals surface area contributed by atoms with Crippen molar-refractivity contribution < 1.29 is 9.90 Å². The third-order valence-corrected chi connectivity index (χ3v) is 6.17. The van der Waals surface area contributed by atoms with Crippen molar-refractivity contribution in [1.82, 2.24) is 0 Å². The van der Waals surface area contributed by atoms with E-state index in [0.717, 1.165) is 25.7 Å². The van der Waals surface area contributed by atoms with Gasteiger partial charge in [0.1, 0.15) is 5.78 Å². The highest BCUT2D eigenvalue weighted by molar-refractivity contribution is 5.98. The van der Waals surface area contributed by atoms with Crippen LogP contribution >= 0.6 is 0 Å². The molecule has 3 unspecified atom stereocenters. The standard InChI is InChI=1S/C19H22O2/c1-18-9-10-19(2,21)16(17(18)20)11-14-13-6-4-3-5-12(13)7-8-15(14)18/h3-6,16,21H,7-11H2,1-2H3. The maximum absolute atomic E-state index is 12.9. The van der Waals surface area contributed by atoms with Gasteiger partial charge >= 0.3 is 0 Å². The van der Waals surface area contributed by atoms with E-state index in [1.165, 1.54) is 22.3 Å². The Morgan fingerprint density at radius 3 is 2.71 bits per heavy atom. The van der Waals surface area contributed by atoms with Gasteiger partial charge in [0.25, 0.3) is 0 Å². The SMILES string of the molecule is CC12CCC(C)(O)C(CC3=C1CCc1ccccc13)C2=O. The lowest BCUT2D eigenvalue weighted by Crippen LogP contribution is -2.54. The van der Waals surface area contributed by atoms with Gasteiger partial charge in [0.05, 0.1) is 11.5 Å². The number of Topliss-reactive ketones (excluding diaryl/α,β-unsaturated/α-hetero) is 1. The zero-order valence-electron chi connectivity index (χ0n) is 12.8. The molecule has 3 aliphatic carbocycles. The Morgan fingerprint density at radius 2 is 1.90 bits per heavy atom. The van der Waals surface area contributed by atoms with Crippen molar-refractivity contribution in [2.45, 2.75) is 51.6 Å². The van der Waals surface area contributed by atoms with Crippen molar-refractivity contribution in [3.63, 3.8) is 0 Å². The quantitative estimate of drug-likeness (QED) is 0.790. The van der Waals surface area contributed by atoms with E-state index < -0.39 is 5.60 Å². The molecular formula is C19H22O2. The topological polar surface area (TPSA) is 37.3 Å². The first-order valence-electron chi connectivity index (χ1n) is 8.01. The van der Waals surface area contributed by atoms with E-state index in [4.69, 9.17) is 0 Å². The lowest BCUT2D eigenvalue weighted by atomic mass is 9.53. The second kappa shape index (κ2) is 4.07. The van der Waals surface area contributed by atoms with E-state index in [-0.39, 0.29) is 17.1 Å². The van der Waals surface area contributed by atoms with Gasteiger partial charge in [-0.05, 0) is 62.7 Å². The number of hydrogen-bond acceptors (Lipinski definition) is 2. The molecule has 2 nitrogen and oxygen atoms in total. The fraction of sp³-hybridized carbons (Fsp3) is 0.526. The summed E-state index contributed by atoms with van der Waals surface area (Å²) in [6.07, 6.45) is 4.28. The highest BCUT2D eigenvalue weighted by Crippen LogP contribution is 2.57. The number of aliphatic hydroxyl groups is 1. The Labute approximate surface area is 125 Å². The van der Waals surface area contributed by atoms with Gasteiger partial charge in [0.15, 0.2) is 0 Å². The summed E-state index contributed by atoms with van der Waals surface area (Å²) < 4.78 is 0. The second-order valence-corrected chi connectivity index (χ2v) is 7.42. The molecule has 1 saturated carbocycles. The molecule has 1 fully saturated rings. The van der Waals surface area contributed by atoms with Crippen molar-refractivity contribution in [3.05, 3.63) is 41.0 Å². The largest absolute Gasteiger partial charge is 0.389 e. The van der Waals surface area contributed by atoms with Crippen molar-refractivity contribution in [3.8, 4) is 0 Å². The van der Waals surface area contributed by atoms with Crippen LogP contribution in [-0.4, -0.2) is 16.5 Å².